The average Bonchev–Trinajstić information content (AvgIpc) is 2.54. The molecular formula is C17H15FO3. The van der Waals surface area contributed by atoms with Crippen molar-refractivity contribution < 1.29 is 18.7 Å². The van der Waals surface area contributed by atoms with E-state index in [0.717, 1.165) is 0 Å². The normalized spacial score (nSPS) is 13.3. The number of hydrogen-bond acceptors (Lipinski definition) is 3. The number of ether oxygens (including phenoxy) is 1. The van der Waals surface area contributed by atoms with Crippen molar-refractivity contribution in [3.63, 3.8) is 0 Å². The maximum Gasteiger partial charge on any atom is 0.337 e. The van der Waals surface area contributed by atoms with Crippen molar-refractivity contribution in [1.29, 1.82) is 0 Å². The largest absolute Gasteiger partial charge is 0.465 e. The zero-order valence-corrected chi connectivity index (χ0v) is 11.8. The lowest BCUT2D eigenvalue weighted by atomic mass is 9.88. The van der Waals surface area contributed by atoms with Crippen LogP contribution >= 0.6 is 0 Å². The van der Waals surface area contributed by atoms with Crippen molar-refractivity contribution in [1.82, 2.24) is 0 Å². The molecule has 0 radical (unpaired) electrons. The standard InChI is InChI=1S/C17H15FO3/c1-17(18,15(19)12-7-4-3-5-8-12)14-10-6-9-13(11-14)16(20)21-2/h3-11H,1-2H3. The molecule has 21 heavy (non-hydrogen) atoms. The Hall–Kier alpha value is -2.49. The molecule has 0 N–H and O–H groups in total. The van der Waals surface area contributed by atoms with Gasteiger partial charge >= 0.3 is 5.97 Å². The Morgan fingerprint density at radius 3 is 2.24 bits per heavy atom. The number of ketones is 1. The van der Waals surface area contributed by atoms with Crippen LogP contribution in [0.3, 0.4) is 0 Å². The van der Waals surface area contributed by atoms with Crippen LogP contribution in [0.5, 0.6) is 0 Å². The molecular weight excluding hydrogens is 271 g/mol. The Morgan fingerprint density at radius 2 is 1.62 bits per heavy atom. The molecule has 1 atom stereocenters. The van der Waals surface area contributed by atoms with E-state index in [4.69, 9.17) is 0 Å². The van der Waals surface area contributed by atoms with Gasteiger partial charge in [0.25, 0.3) is 0 Å². The molecule has 0 aliphatic rings. The Morgan fingerprint density at radius 1 is 1.00 bits per heavy atom. The Balaban J connectivity index is 2.40. The number of esters is 1. The molecule has 1 unspecified atom stereocenters. The van der Waals surface area contributed by atoms with Crippen molar-refractivity contribution in [3.05, 3.63) is 71.3 Å². The topological polar surface area (TPSA) is 43.4 Å². The first-order chi connectivity index (χ1) is 9.96. The zero-order valence-electron chi connectivity index (χ0n) is 11.8. The summed E-state index contributed by atoms with van der Waals surface area (Å²) in [7, 11) is 1.25. The van der Waals surface area contributed by atoms with Crippen molar-refractivity contribution in [2.75, 3.05) is 7.11 Å². The maximum absolute atomic E-state index is 14.9. The van der Waals surface area contributed by atoms with Crippen molar-refractivity contribution in [3.8, 4) is 0 Å². The van der Waals surface area contributed by atoms with Gasteiger partial charge in [0.05, 0.1) is 12.7 Å². The second-order valence-electron chi connectivity index (χ2n) is 4.77. The average molecular weight is 286 g/mol. The molecule has 0 saturated heterocycles. The lowest BCUT2D eigenvalue weighted by Gasteiger charge is -2.20. The molecule has 0 amide bonds. The third kappa shape index (κ3) is 2.99. The first-order valence-electron chi connectivity index (χ1n) is 6.44. The monoisotopic (exact) mass is 286 g/mol. The fraction of sp³-hybridized carbons (Fsp3) is 0.176. The van der Waals surface area contributed by atoms with Gasteiger partial charge in [-0.1, -0.05) is 42.5 Å². The fourth-order valence-electron chi connectivity index (χ4n) is 2.05. The molecule has 2 aromatic rings. The van der Waals surface area contributed by atoms with E-state index in [2.05, 4.69) is 4.74 Å². The summed E-state index contributed by atoms with van der Waals surface area (Å²) in [6.45, 7) is 1.19. The minimum atomic E-state index is -2.22. The fourth-order valence-corrected chi connectivity index (χ4v) is 2.05. The summed E-state index contributed by atoms with van der Waals surface area (Å²) >= 11 is 0. The summed E-state index contributed by atoms with van der Waals surface area (Å²) in [5.41, 5.74) is -1.60. The second kappa shape index (κ2) is 5.87. The van der Waals surface area contributed by atoms with E-state index >= 15 is 0 Å². The molecule has 108 valence electrons. The molecule has 0 aromatic heterocycles. The van der Waals surface area contributed by atoms with E-state index in [1.54, 1.807) is 30.3 Å². The van der Waals surface area contributed by atoms with Crippen LogP contribution in [0.25, 0.3) is 0 Å². The van der Waals surface area contributed by atoms with Gasteiger partial charge < -0.3 is 4.74 Å². The van der Waals surface area contributed by atoms with Gasteiger partial charge in [0.15, 0.2) is 5.67 Å². The summed E-state index contributed by atoms with van der Waals surface area (Å²) in [5, 5.41) is 0. The van der Waals surface area contributed by atoms with E-state index in [1.165, 1.54) is 38.3 Å². The molecule has 0 bridgehead atoms. The predicted molar refractivity (Wildman–Crippen MR) is 77.0 cm³/mol. The highest BCUT2D eigenvalue weighted by Crippen LogP contribution is 2.30. The third-order valence-electron chi connectivity index (χ3n) is 3.29. The summed E-state index contributed by atoms with van der Waals surface area (Å²) in [4.78, 5) is 23.8. The number of halogens is 1. The van der Waals surface area contributed by atoms with Crippen molar-refractivity contribution >= 4 is 11.8 Å². The Kier molecular flexibility index (Phi) is 4.17. The number of hydrogen-bond donors (Lipinski definition) is 0. The molecule has 0 spiro atoms. The molecule has 0 fully saturated rings. The molecule has 2 aromatic carbocycles. The van der Waals surface area contributed by atoms with Crippen LogP contribution in [0.4, 0.5) is 4.39 Å². The Labute approximate surface area is 122 Å². The van der Waals surface area contributed by atoms with Gasteiger partial charge in [-0.3, -0.25) is 4.79 Å². The summed E-state index contributed by atoms with van der Waals surface area (Å²) in [5.74, 6) is -1.22. The number of alkyl halides is 1. The van der Waals surface area contributed by atoms with Gasteiger partial charge in [0.2, 0.25) is 5.78 Å². The number of rotatable bonds is 4. The minimum absolute atomic E-state index is 0.124. The van der Waals surface area contributed by atoms with Crippen LogP contribution in [0.2, 0.25) is 0 Å². The highest BCUT2D eigenvalue weighted by Gasteiger charge is 2.36. The summed E-state index contributed by atoms with van der Waals surface area (Å²) in [6, 6.07) is 14.1. The van der Waals surface area contributed by atoms with Crippen LogP contribution in [-0.4, -0.2) is 18.9 Å². The van der Waals surface area contributed by atoms with Gasteiger partial charge in [-0.15, -0.1) is 0 Å². The van der Waals surface area contributed by atoms with Crippen LogP contribution in [0.15, 0.2) is 54.6 Å². The van der Waals surface area contributed by atoms with Gasteiger partial charge in [-0.2, -0.15) is 0 Å². The highest BCUT2D eigenvalue weighted by atomic mass is 19.1. The molecule has 2 rings (SSSR count). The number of Topliss-reactive ketones (excluding diaryl/α,β-unsaturated/α-hetero) is 1. The SMILES string of the molecule is COC(=O)c1cccc(C(C)(F)C(=O)c2ccccc2)c1. The van der Waals surface area contributed by atoms with Crippen molar-refractivity contribution in [2.45, 2.75) is 12.6 Å². The number of benzene rings is 2. The molecule has 3 nitrogen and oxygen atoms in total. The van der Waals surface area contributed by atoms with Gasteiger partial charge in [0, 0.05) is 5.56 Å². The van der Waals surface area contributed by atoms with Crippen LogP contribution in [0, 0.1) is 0 Å². The lowest BCUT2D eigenvalue weighted by Crippen LogP contribution is -2.28. The molecule has 4 heteroatoms. The zero-order chi connectivity index (χ0) is 15.5. The van der Waals surface area contributed by atoms with Gasteiger partial charge in [-0.05, 0) is 24.6 Å². The van der Waals surface area contributed by atoms with E-state index in [0.29, 0.717) is 0 Å². The first kappa shape index (κ1) is 14.9. The Bertz CT molecular complexity index is 663. The highest BCUT2D eigenvalue weighted by molar-refractivity contribution is 6.03. The van der Waals surface area contributed by atoms with Gasteiger partial charge in [-0.25, -0.2) is 9.18 Å². The van der Waals surface area contributed by atoms with Gasteiger partial charge in [0.1, 0.15) is 0 Å². The molecule has 0 aliphatic heterocycles. The second-order valence-corrected chi connectivity index (χ2v) is 4.77. The van der Waals surface area contributed by atoms with E-state index in [1.807, 2.05) is 0 Å². The van der Waals surface area contributed by atoms with Crippen molar-refractivity contribution in [2.24, 2.45) is 0 Å². The number of carbonyl (C=O) groups is 2. The van der Waals surface area contributed by atoms with E-state index in [9.17, 15) is 14.0 Å². The third-order valence-corrected chi connectivity index (χ3v) is 3.29. The number of methoxy groups -OCH3 is 1. The van der Waals surface area contributed by atoms with Crippen LogP contribution in [-0.2, 0) is 10.4 Å². The number of carbonyl (C=O) groups excluding carboxylic acids is 2. The molecule has 0 saturated carbocycles. The summed E-state index contributed by atoms with van der Waals surface area (Å²) < 4.78 is 19.6. The summed E-state index contributed by atoms with van der Waals surface area (Å²) in [6.07, 6.45) is 0. The smallest absolute Gasteiger partial charge is 0.337 e. The lowest BCUT2D eigenvalue weighted by molar-refractivity contribution is 0.0598. The van der Waals surface area contributed by atoms with E-state index < -0.39 is 17.4 Å². The van der Waals surface area contributed by atoms with Crippen LogP contribution < -0.4 is 0 Å². The molecule has 0 aliphatic carbocycles. The first-order valence-corrected chi connectivity index (χ1v) is 6.44. The van der Waals surface area contributed by atoms with E-state index in [-0.39, 0.29) is 16.7 Å². The minimum Gasteiger partial charge on any atom is -0.465 e. The predicted octanol–water partition coefficient (Wildman–Crippen LogP) is 3.54. The maximum atomic E-state index is 14.9. The molecule has 0 heterocycles. The van der Waals surface area contributed by atoms with Crippen LogP contribution in [0.1, 0.15) is 33.2 Å². The quantitative estimate of drug-likeness (QED) is 0.638.